The van der Waals surface area contributed by atoms with Crippen LogP contribution in [0.4, 0.5) is 0 Å². The first-order valence-electron chi connectivity index (χ1n) is 5.22. The van der Waals surface area contributed by atoms with Crippen LogP contribution in [0.25, 0.3) is 0 Å². The van der Waals surface area contributed by atoms with E-state index in [1.807, 2.05) is 6.07 Å². The van der Waals surface area contributed by atoms with E-state index >= 15 is 0 Å². The number of hydrogen-bond donors (Lipinski definition) is 3. The Bertz CT molecular complexity index is 415. The second kappa shape index (κ2) is 6.62. The molecule has 17 heavy (non-hydrogen) atoms. The van der Waals surface area contributed by atoms with E-state index < -0.39 is 12.2 Å². The lowest BCUT2D eigenvalue weighted by Crippen LogP contribution is -2.14. The van der Waals surface area contributed by atoms with Gasteiger partial charge in [-0.15, -0.1) is 11.8 Å². The number of aliphatic hydroxyl groups excluding tert-OH is 3. The van der Waals surface area contributed by atoms with Crippen molar-refractivity contribution in [1.29, 1.82) is 5.26 Å². The molecule has 0 aliphatic heterocycles. The number of thioether (sulfide) groups is 1. The van der Waals surface area contributed by atoms with Crippen LogP contribution in [0.2, 0.25) is 0 Å². The highest BCUT2D eigenvalue weighted by molar-refractivity contribution is 7.99. The lowest BCUT2D eigenvalue weighted by molar-refractivity contribution is 0.113. The van der Waals surface area contributed by atoms with Crippen LogP contribution in [0.1, 0.15) is 24.2 Å². The summed E-state index contributed by atoms with van der Waals surface area (Å²) in [5, 5.41) is 36.4. The van der Waals surface area contributed by atoms with Crippen molar-refractivity contribution < 1.29 is 15.3 Å². The molecule has 0 saturated heterocycles. The first-order chi connectivity index (χ1) is 8.08. The maximum atomic E-state index is 9.58. The fraction of sp³-hybridized carbons (Fsp3) is 0.417. The van der Waals surface area contributed by atoms with Gasteiger partial charge in [0, 0.05) is 10.6 Å². The molecule has 3 N–H and O–H groups in total. The number of nitriles is 1. The Labute approximate surface area is 105 Å². The zero-order valence-electron chi connectivity index (χ0n) is 9.50. The van der Waals surface area contributed by atoms with Gasteiger partial charge in [0.05, 0.1) is 30.4 Å². The summed E-state index contributed by atoms with van der Waals surface area (Å²) in [6, 6.07) is 7.06. The fourth-order valence-electron chi connectivity index (χ4n) is 1.31. The summed E-state index contributed by atoms with van der Waals surface area (Å²) in [7, 11) is 0. The highest BCUT2D eigenvalue weighted by atomic mass is 32.2. The molecule has 0 radical (unpaired) electrons. The third-order valence-corrected chi connectivity index (χ3v) is 3.45. The first-order valence-corrected chi connectivity index (χ1v) is 6.21. The highest BCUT2D eigenvalue weighted by Gasteiger charge is 2.11. The summed E-state index contributed by atoms with van der Waals surface area (Å²) >= 11 is 1.32. The van der Waals surface area contributed by atoms with Crippen LogP contribution >= 0.6 is 11.8 Å². The summed E-state index contributed by atoms with van der Waals surface area (Å²) in [6.07, 6.45) is -1.43. The monoisotopic (exact) mass is 253 g/mol. The minimum absolute atomic E-state index is 0.297. The molecule has 0 fully saturated rings. The van der Waals surface area contributed by atoms with Crippen LogP contribution in [0.5, 0.6) is 0 Å². The zero-order chi connectivity index (χ0) is 12.8. The van der Waals surface area contributed by atoms with Crippen molar-refractivity contribution in [2.45, 2.75) is 24.0 Å². The molecule has 92 valence electrons. The summed E-state index contributed by atoms with van der Waals surface area (Å²) in [5.41, 5.74) is 1.23. The topological polar surface area (TPSA) is 84.5 Å². The SMILES string of the molecule is C[C@@H](O)c1ccc(C#N)cc1SCC(O)CO. The quantitative estimate of drug-likeness (QED) is 0.683. The van der Waals surface area contributed by atoms with E-state index in [1.54, 1.807) is 25.1 Å². The van der Waals surface area contributed by atoms with Crippen LogP contribution in [-0.4, -0.2) is 33.8 Å². The maximum Gasteiger partial charge on any atom is 0.0992 e. The van der Waals surface area contributed by atoms with Gasteiger partial charge in [0.1, 0.15) is 0 Å². The average molecular weight is 253 g/mol. The van der Waals surface area contributed by atoms with Crippen molar-refractivity contribution in [3.05, 3.63) is 29.3 Å². The molecule has 1 aromatic carbocycles. The molecule has 0 heterocycles. The zero-order valence-corrected chi connectivity index (χ0v) is 10.3. The Balaban J connectivity index is 2.90. The van der Waals surface area contributed by atoms with Crippen LogP contribution in [0.15, 0.2) is 23.1 Å². The Morgan fingerprint density at radius 2 is 2.12 bits per heavy atom. The van der Waals surface area contributed by atoms with Crippen LogP contribution < -0.4 is 0 Å². The van der Waals surface area contributed by atoms with E-state index in [4.69, 9.17) is 10.4 Å². The smallest absolute Gasteiger partial charge is 0.0992 e. The molecule has 4 nitrogen and oxygen atoms in total. The van der Waals surface area contributed by atoms with Crippen molar-refractivity contribution in [1.82, 2.24) is 0 Å². The Hall–Kier alpha value is -1.06. The first kappa shape index (κ1) is 14.0. The van der Waals surface area contributed by atoms with Gasteiger partial charge in [-0.2, -0.15) is 5.26 Å². The second-order valence-corrected chi connectivity index (χ2v) is 4.75. The number of rotatable bonds is 5. The van der Waals surface area contributed by atoms with E-state index in [-0.39, 0.29) is 6.61 Å². The summed E-state index contributed by atoms with van der Waals surface area (Å²) in [6.45, 7) is 1.35. The van der Waals surface area contributed by atoms with Crippen molar-refractivity contribution in [2.24, 2.45) is 0 Å². The summed E-state index contributed by atoms with van der Waals surface area (Å²) in [5.74, 6) is 0.325. The molecule has 1 unspecified atom stereocenters. The average Bonchev–Trinajstić information content (AvgIpc) is 2.35. The Morgan fingerprint density at radius 1 is 1.41 bits per heavy atom. The molecule has 0 spiro atoms. The molecule has 0 bridgehead atoms. The third kappa shape index (κ3) is 4.02. The van der Waals surface area contributed by atoms with E-state index in [2.05, 4.69) is 0 Å². The van der Waals surface area contributed by atoms with Gasteiger partial charge in [0.25, 0.3) is 0 Å². The minimum atomic E-state index is -0.799. The van der Waals surface area contributed by atoms with Crippen LogP contribution in [0, 0.1) is 11.3 Å². The number of hydrogen-bond acceptors (Lipinski definition) is 5. The van der Waals surface area contributed by atoms with Crippen LogP contribution in [0.3, 0.4) is 0 Å². The molecular formula is C12H15NO3S. The molecule has 1 rings (SSSR count). The van der Waals surface area contributed by atoms with Crippen molar-refractivity contribution in [3.63, 3.8) is 0 Å². The van der Waals surface area contributed by atoms with Crippen molar-refractivity contribution in [3.8, 4) is 6.07 Å². The molecule has 0 aliphatic carbocycles. The number of benzene rings is 1. The molecule has 0 aliphatic rings. The van der Waals surface area contributed by atoms with Gasteiger partial charge in [-0.25, -0.2) is 0 Å². The molecule has 0 aromatic heterocycles. The van der Waals surface area contributed by atoms with Gasteiger partial charge >= 0.3 is 0 Å². The van der Waals surface area contributed by atoms with Gasteiger partial charge in [0.15, 0.2) is 0 Å². The molecule has 0 saturated carbocycles. The standard InChI is InChI=1S/C12H15NO3S/c1-8(15)11-3-2-9(5-13)4-12(11)17-7-10(16)6-14/h2-4,8,10,14-16H,6-7H2,1H3/t8-,10?/m1/s1. The highest BCUT2D eigenvalue weighted by Crippen LogP contribution is 2.29. The van der Waals surface area contributed by atoms with E-state index in [0.717, 1.165) is 10.5 Å². The fourth-order valence-corrected chi connectivity index (χ4v) is 2.41. The minimum Gasteiger partial charge on any atom is -0.394 e. The lowest BCUT2D eigenvalue weighted by Gasteiger charge is -2.13. The van der Waals surface area contributed by atoms with Crippen molar-refractivity contribution in [2.75, 3.05) is 12.4 Å². The summed E-state index contributed by atoms with van der Waals surface area (Å²) in [4.78, 5) is 0.756. The molecule has 1 aromatic rings. The molecular weight excluding hydrogens is 238 g/mol. The van der Waals surface area contributed by atoms with E-state index in [1.165, 1.54) is 11.8 Å². The van der Waals surface area contributed by atoms with Gasteiger partial charge in [0.2, 0.25) is 0 Å². The van der Waals surface area contributed by atoms with Gasteiger partial charge in [-0.05, 0) is 24.6 Å². The van der Waals surface area contributed by atoms with Gasteiger partial charge < -0.3 is 15.3 Å². The van der Waals surface area contributed by atoms with Gasteiger partial charge in [-0.3, -0.25) is 0 Å². The predicted octanol–water partition coefficient (Wildman–Crippen LogP) is 1.06. The molecule has 2 atom stereocenters. The number of nitrogens with zero attached hydrogens (tertiary/aromatic N) is 1. The second-order valence-electron chi connectivity index (χ2n) is 3.69. The third-order valence-electron chi connectivity index (χ3n) is 2.23. The lowest BCUT2D eigenvalue weighted by atomic mass is 10.1. The summed E-state index contributed by atoms with van der Waals surface area (Å²) < 4.78 is 0. The van der Waals surface area contributed by atoms with Gasteiger partial charge in [-0.1, -0.05) is 6.07 Å². The predicted molar refractivity (Wildman–Crippen MR) is 65.6 cm³/mol. The molecule has 0 amide bonds. The molecule has 5 heteroatoms. The Morgan fingerprint density at radius 3 is 2.65 bits per heavy atom. The maximum absolute atomic E-state index is 9.58. The number of aliphatic hydroxyl groups is 3. The normalized spacial score (nSPS) is 14.1. The largest absolute Gasteiger partial charge is 0.394 e. The van der Waals surface area contributed by atoms with E-state index in [9.17, 15) is 10.2 Å². The van der Waals surface area contributed by atoms with E-state index in [0.29, 0.717) is 11.3 Å². The van der Waals surface area contributed by atoms with Crippen LogP contribution in [-0.2, 0) is 0 Å². The Kier molecular flexibility index (Phi) is 5.45. The van der Waals surface area contributed by atoms with Crippen molar-refractivity contribution >= 4 is 11.8 Å².